The summed E-state index contributed by atoms with van der Waals surface area (Å²) in [5.41, 5.74) is -0.516. The van der Waals surface area contributed by atoms with Crippen molar-refractivity contribution < 1.29 is 71.6 Å². The second-order valence-electron chi connectivity index (χ2n) is 11.0. The number of benzene rings is 4. The second-order valence-corrected chi connectivity index (χ2v) is 17.7. The molecule has 0 saturated heterocycles. The summed E-state index contributed by atoms with van der Waals surface area (Å²) < 4.78 is 144. The summed E-state index contributed by atoms with van der Waals surface area (Å²) in [6.07, 6.45) is -0.220. The van der Waals surface area contributed by atoms with E-state index in [1.807, 2.05) is 0 Å². The molecule has 0 spiro atoms. The van der Waals surface area contributed by atoms with Crippen LogP contribution in [0.4, 0.5) is 22.2 Å². The number of aromatic hydroxyl groups is 2. The van der Waals surface area contributed by atoms with Gasteiger partial charge in [-0.3, -0.25) is 18.2 Å². The Labute approximate surface area is 309 Å². The smallest absolute Gasteiger partial charge is 0.298 e. The van der Waals surface area contributed by atoms with Gasteiger partial charge in [0.25, 0.3) is 40.5 Å². The molecule has 26 heteroatoms. The van der Waals surface area contributed by atoms with Gasteiger partial charge in [0.2, 0.25) is 5.13 Å². The molecule has 6 N–H and O–H groups in total. The molecular formula is C28H25N5O16S5. The van der Waals surface area contributed by atoms with Crippen LogP contribution in [0.1, 0.15) is 12.0 Å². The molecule has 0 fully saturated rings. The molecule has 0 aliphatic carbocycles. The van der Waals surface area contributed by atoms with Gasteiger partial charge in [-0.25, -0.2) is 4.98 Å². The molecule has 5 aromatic rings. The molecule has 4 aromatic carbocycles. The summed E-state index contributed by atoms with van der Waals surface area (Å²) in [5.74, 6) is -3.04. The van der Waals surface area contributed by atoms with Crippen LogP contribution in [0.25, 0.3) is 21.0 Å². The van der Waals surface area contributed by atoms with Gasteiger partial charge in [-0.05, 0) is 49.2 Å². The number of rotatable bonds is 13. The summed E-state index contributed by atoms with van der Waals surface area (Å²) in [6.45, 7) is 1.19. The third kappa shape index (κ3) is 8.88. The number of azo groups is 2. The molecule has 0 bridgehead atoms. The highest BCUT2D eigenvalue weighted by Crippen LogP contribution is 2.46. The minimum absolute atomic E-state index is 0.0355. The summed E-state index contributed by atoms with van der Waals surface area (Å²) in [7, 11) is -18.3. The molecule has 21 nitrogen and oxygen atoms in total. The van der Waals surface area contributed by atoms with Gasteiger partial charge < -0.3 is 19.7 Å². The van der Waals surface area contributed by atoms with E-state index in [0.717, 1.165) is 29.5 Å². The van der Waals surface area contributed by atoms with Gasteiger partial charge in [-0.15, -0.1) is 20.5 Å². The number of methoxy groups -OCH3 is 1. The van der Waals surface area contributed by atoms with Crippen molar-refractivity contribution in [2.75, 3.05) is 19.5 Å². The molecule has 0 radical (unpaired) electrons. The Hall–Kier alpha value is -4.93. The van der Waals surface area contributed by atoms with E-state index in [0.29, 0.717) is 16.3 Å². The molecule has 1 aromatic heterocycles. The topological polar surface area (TPSA) is 339 Å². The lowest BCUT2D eigenvalue weighted by Crippen LogP contribution is -2.08. The van der Waals surface area contributed by atoms with Crippen LogP contribution < -0.4 is 9.47 Å². The van der Waals surface area contributed by atoms with Crippen molar-refractivity contribution in [2.24, 2.45) is 20.5 Å². The lowest BCUT2D eigenvalue weighted by molar-refractivity contribution is 0.317. The van der Waals surface area contributed by atoms with Crippen molar-refractivity contribution in [3.63, 3.8) is 0 Å². The Balaban J connectivity index is 1.60. The zero-order valence-corrected chi connectivity index (χ0v) is 31.3. The number of phenolic OH excluding ortho intramolecular Hbond substituents is 2. The van der Waals surface area contributed by atoms with E-state index in [1.165, 1.54) is 32.2 Å². The number of hydrogen-bond acceptors (Lipinski definition) is 18. The Morgan fingerprint density at radius 3 is 2.02 bits per heavy atom. The first-order valence-electron chi connectivity index (χ1n) is 14.5. The van der Waals surface area contributed by atoms with E-state index in [2.05, 4.69) is 25.4 Å². The zero-order chi connectivity index (χ0) is 40.0. The van der Waals surface area contributed by atoms with Gasteiger partial charge in [0.15, 0.2) is 5.75 Å². The van der Waals surface area contributed by atoms with Crippen LogP contribution in [-0.2, 0) is 40.5 Å². The van der Waals surface area contributed by atoms with Gasteiger partial charge in [0.05, 0.1) is 35.4 Å². The fourth-order valence-corrected chi connectivity index (χ4v) is 8.23. The van der Waals surface area contributed by atoms with Gasteiger partial charge >= 0.3 is 0 Å². The Morgan fingerprint density at radius 2 is 1.41 bits per heavy atom. The molecule has 1 heterocycles. The minimum Gasteiger partial charge on any atom is -0.506 e. The first-order valence-corrected chi connectivity index (χ1v) is 21.2. The number of thiazole rings is 1. The second kappa shape index (κ2) is 14.7. The van der Waals surface area contributed by atoms with E-state index < -0.39 is 88.9 Å². The van der Waals surface area contributed by atoms with Crippen LogP contribution in [0.3, 0.4) is 0 Å². The Morgan fingerprint density at radius 1 is 0.741 bits per heavy atom. The number of aromatic nitrogens is 1. The van der Waals surface area contributed by atoms with Crippen LogP contribution >= 0.6 is 11.3 Å². The van der Waals surface area contributed by atoms with E-state index in [4.69, 9.17) is 14.0 Å². The van der Waals surface area contributed by atoms with Crippen LogP contribution in [0.2, 0.25) is 0 Å². The van der Waals surface area contributed by atoms with Crippen LogP contribution in [0.15, 0.2) is 77.6 Å². The summed E-state index contributed by atoms with van der Waals surface area (Å²) >= 11 is 0.984. The minimum atomic E-state index is -5.31. The molecule has 5 rings (SSSR count). The van der Waals surface area contributed by atoms with Crippen molar-refractivity contribution in [1.29, 1.82) is 0 Å². The third-order valence-corrected chi connectivity index (χ3v) is 11.6. The van der Waals surface area contributed by atoms with Crippen LogP contribution in [-0.4, -0.2) is 86.5 Å². The maximum Gasteiger partial charge on any atom is 0.298 e. The van der Waals surface area contributed by atoms with Gasteiger partial charge in [0, 0.05) is 22.9 Å². The summed E-state index contributed by atoms with van der Waals surface area (Å²) in [4.78, 5) is 1.33. The van der Waals surface area contributed by atoms with Crippen molar-refractivity contribution in [3.8, 4) is 23.0 Å². The normalized spacial score (nSPS) is 13.1. The standard InChI is InChI=1S/C28H25N5O16S5/c1-13-8-17(31-32-25-24(53(42,43)44)9-15-14(26(25)35)4-5-19(34)27(15)54(45,46)47)20(49-6-3-7-51(36,37)38)10-16(13)30-33-28-29-18-11-23(52(39,40)41)21(48-2)12-22(18)50-28/h4-5,8-12,34-35H,3,6-7H2,1-2H3,(H,36,37,38)(H,39,40,41)(H,42,43,44)(H,45,46,47). The molecule has 54 heavy (non-hydrogen) atoms. The van der Waals surface area contributed by atoms with Crippen LogP contribution in [0, 0.1) is 6.92 Å². The van der Waals surface area contributed by atoms with E-state index in [1.54, 1.807) is 0 Å². The molecule has 288 valence electrons. The summed E-state index contributed by atoms with van der Waals surface area (Å²) in [6, 6.07) is 7.28. The van der Waals surface area contributed by atoms with Gasteiger partial charge in [0.1, 0.15) is 43.3 Å². The van der Waals surface area contributed by atoms with Crippen molar-refractivity contribution in [2.45, 2.75) is 28.0 Å². The average molecular weight is 848 g/mol. The monoisotopic (exact) mass is 847 g/mol. The molecule has 0 atom stereocenters. The predicted molar refractivity (Wildman–Crippen MR) is 189 cm³/mol. The maximum absolute atomic E-state index is 12.4. The molecule has 0 unspecified atom stereocenters. The Kier molecular flexibility index (Phi) is 11.0. The highest BCUT2D eigenvalue weighted by Gasteiger charge is 2.28. The molecule has 0 aliphatic rings. The van der Waals surface area contributed by atoms with Crippen molar-refractivity contribution in [3.05, 3.63) is 48.0 Å². The highest BCUT2D eigenvalue weighted by atomic mass is 32.2. The number of hydrogen-bond donors (Lipinski definition) is 6. The van der Waals surface area contributed by atoms with Gasteiger partial charge in [-0.1, -0.05) is 11.3 Å². The number of fused-ring (bicyclic) bond motifs is 2. The SMILES string of the molecule is COc1cc2sc(N=Nc3cc(OCCCS(=O)(=O)O)c(N=Nc4c(S(=O)(=O)O)cc5c(S(=O)(=O)O)c(O)ccc5c4O)cc3C)nc2cc1S(=O)(=O)O. The number of phenols is 2. The van der Waals surface area contributed by atoms with Crippen LogP contribution in [0.5, 0.6) is 23.0 Å². The maximum atomic E-state index is 12.4. The van der Waals surface area contributed by atoms with E-state index in [9.17, 15) is 57.5 Å². The summed E-state index contributed by atoms with van der Waals surface area (Å²) in [5, 5.41) is 35.9. The molecular weight excluding hydrogens is 823 g/mol. The third-order valence-electron chi connectivity index (χ3n) is 7.22. The molecule has 0 amide bonds. The Bertz CT molecular complexity index is 2860. The lowest BCUT2D eigenvalue weighted by Gasteiger charge is -2.13. The number of nitrogens with zero attached hydrogens (tertiary/aromatic N) is 5. The van der Waals surface area contributed by atoms with Crippen molar-refractivity contribution >= 4 is 95.0 Å². The average Bonchev–Trinajstić information content (AvgIpc) is 3.45. The highest BCUT2D eigenvalue weighted by molar-refractivity contribution is 7.86. The zero-order valence-electron chi connectivity index (χ0n) is 27.2. The predicted octanol–water partition coefficient (Wildman–Crippen LogP) is 5.41. The largest absolute Gasteiger partial charge is 0.506 e. The fraction of sp³-hybridized carbons (Fsp3) is 0.179. The first-order chi connectivity index (χ1) is 25.0. The number of aryl methyl sites for hydroxylation is 1. The number of ether oxygens (including phenoxy) is 2. The fourth-order valence-electron chi connectivity index (χ4n) is 4.86. The first kappa shape index (κ1) is 40.3. The lowest BCUT2D eigenvalue weighted by atomic mass is 10.1. The van der Waals surface area contributed by atoms with E-state index in [-0.39, 0.29) is 46.5 Å². The van der Waals surface area contributed by atoms with Crippen molar-refractivity contribution in [1.82, 2.24) is 4.98 Å². The quantitative estimate of drug-likeness (QED) is 0.0490. The van der Waals surface area contributed by atoms with Gasteiger partial charge in [-0.2, -0.15) is 33.7 Å². The van der Waals surface area contributed by atoms with E-state index >= 15 is 0 Å². The molecule has 0 saturated carbocycles. The molecule has 0 aliphatic heterocycles.